The van der Waals surface area contributed by atoms with Gasteiger partial charge in [-0.3, -0.25) is 4.79 Å². The molecule has 0 radical (unpaired) electrons. The first-order chi connectivity index (χ1) is 29.3. The number of amides is 1. The molecule has 0 aliphatic carbocycles. The maximum absolute atomic E-state index is 13.0. The van der Waals surface area contributed by atoms with E-state index in [0.29, 0.717) is 12.8 Å². The fourth-order valence-corrected chi connectivity index (χ4v) is 8.35. The van der Waals surface area contributed by atoms with E-state index >= 15 is 0 Å². The van der Waals surface area contributed by atoms with Crippen molar-refractivity contribution in [3.63, 3.8) is 0 Å². The fourth-order valence-electron chi connectivity index (χ4n) is 8.35. The molecule has 11 nitrogen and oxygen atoms in total. The monoisotopic (exact) mass is 859 g/mol. The number of unbranched alkanes of at least 4 members (excludes halogenated alkanes) is 29. The van der Waals surface area contributed by atoms with Gasteiger partial charge in [0.1, 0.15) is 30.5 Å². The van der Waals surface area contributed by atoms with Crippen molar-refractivity contribution in [2.75, 3.05) is 26.3 Å². The smallest absolute Gasteiger partial charge is 0.220 e. The first-order valence-corrected chi connectivity index (χ1v) is 25.5. The normalized spacial score (nSPS) is 21.0. The van der Waals surface area contributed by atoms with Crippen molar-refractivity contribution in [1.82, 2.24) is 10.6 Å². The van der Waals surface area contributed by atoms with Crippen LogP contribution in [0.1, 0.15) is 232 Å². The minimum atomic E-state index is -1.61. The van der Waals surface area contributed by atoms with Gasteiger partial charge in [0.25, 0.3) is 0 Å². The van der Waals surface area contributed by atoms with Crippen LogP contribution in [0.3, 0.4) is 0 Å². The van der Waals surface area contributed by atoms with Gasteiger partial charge in [-0.1, -0.05) is 200 Å². The summed E-state index contributed by atoms with van der Waals surface area (Å²) in [6, 6.07) is -0.989. The second-order valence-electron chi connectivity index (χ2n) is 18.2. The third-order valence-electron chi connectivity index (χ3n) is 12.5. The van der Waals surface area contributed by atoms with Gasteiger partial charge in [-0.25, -0.2) is 0 Å². The van der Waals surface area contributed by atoms with Crippen molar-refractivity contribution in [2.45, 2.75) is 281 Å². The highest BCUT2D eigenvalue weighted by Crippen LogP contribution is 2.23. The lowest BCUT2D eigenvalue weighted by Crippen LogP contribution is -2.60. The molecule has 358 valence electrons. The van der Waals surface area contributed by atoms with Gasteiger partial charge in [0.05, 0.1) is 25.4 Å². The predicted molar refractivity (Wildman–Crippen MR) is 245 cm³/mol. The highest BCUT2D eigenvalue weighted by molar-refractivity contribution is 5.76. The Balaban J connectivity index is 2.26. The standard InChI is InChI=1S/C49H98N2O9/c1-3-5-7-9-11-13-15-16-19-23-27-31-35-42(53)45(55)41(40-59-49-48(58)47(57)46(56)43(39-52)60-49)51-44(54)36-32-28-24-20-18-22-26-30-34-38-50-37-33-29-25-21-17-14-12-10-8-6-4-2/h41-43,45-50,52-53,55-58H,3-40H2,1-2H3,(H,51,54)/t41-,42+,43+,45-,46-,47-,48+,49-/m0/s1. The van der Waals surface area contributed by atoms with Crippen LogP contribution in [0, 0.1) is 0 Å². The van der Waals surface area contributed by atoms with Crippen molar-refractivity contribution >= 4 is 5.91 Å². The number of hydrogen-bond donors (Lipinski definition) is 8. The zero-order chi connectivity index (χ0) is 43.9. The van der Waals surface area contributed by atoms with Gasteiger partial charge in [-0.2, -0.15) is 0 Å². The summed E-state index contributed by atoms with van der Waals surface area (Å²) in [5, 5.41) is 68.9. The molecule has 1 saturated heterocycles. The van der Waals surface area contributed by atoms with Gasteiger partial charge in [0.15, 0.2) is 6.29 Å². The maximum atomic E-state index is 13.0. The lowest BCUT2D eigenvalue weighted by molar-refractivity contribution is -0.303. The molecule has 0 bridgehead atoms. The first kappa shape index (κ1) is 57.1. The average molecular weight is 859 g/mol. The Kier molecular flexibility index (Phi) is 38.9. The van der Waals surface area contributed by atoms with Gasteiger partial charge >= 0.3 is 0 Å². The molecule has 8 atom stereocenters. The van der Waals surface area contributed by atoms with Crippen LogP contribution in [-0.2, 0) is 14.3 Å². The van der Waals surface area contributed by atoms with E-state index in [4.69, 9.17) is 9.47 Å². The van der Waals surface area contributed by atoms with Crippen molar-refractivity contribution < 1.29 is 44.9 Å². The number of carbonyl (C=O) groups is 1. The molecule has 1 rings (SSSR count). The van der Waals surface area contributed by atoms with Crippen molar-refractivity contribution in [3.05, 3.63) is 0 Å². The lowest BCUT2D eigenvalue weighted by atomic mass is 9.98. The number of aliphatic hydroxyl groups is 6. The van der Waals surface area contributed by atoms with E-state index in [2.05, 4.69) is 24.5 Å². The SMILES string of the molecule is CCCCCCCCCCCCCC[C@@H](O)[C@@H](O)[C@H](CO[C@H]1O[C@H](CO)[C@H](O)[C@H](O)[C@H]1O)NC(=O)CCCCCCCCCCCNCCCCCCCCCCCCC. The maximum Gasteiger partial charge on any atom is 0.220 e. The third kappa shape index (κ3) is 30.2. The molecular formula is C49H98N2O9. The van der Waals surface area contributed by atoms with Gasteiger partial charge in [0, 0.05) is 6.42 Å². The van der Waals surface area contributed by atoms with E-state index in [9.17, 15) is 35.4 Å². The topological polar surface area (TPSA) is 181 Å². The van der Waals surface area contributed by atoms with E-state index < -0.39 is 55.6 Å². The van der Waals surface area contributed by atoms with Crippen LogP contribution in [-0.4, -0.2) is 112 Å². The number of carbonyl (C=O) groups excluding carboxylic acids is 1. The molecule has 0 aromatic carbocycles. The highest BCUT2D eigenvalue weighted by atomic mass is 16.7. The summed E-state index contributed by atoms with van der Waals surface area (Å²) in [4.78, 5) is 13.0. The van der Waals surface area contributed by atoms with E-state index in [1.165, 1.54) is 154 Å². The zero-order valence-corrected chi connectivity index (χ0v) is 38.9. The van der Waals surface area contributed by atoms with Crippen LogP contribution >= 0.6 is 0 Å². The van der Waals surface area contributed by atoms with Crippen molar-refractivity contribution in [2.24, 2.45) is 0 Å². The Morgan fingerprint density at radius 2 is 0.950 bits per heavy atom. The van der Waals surface area contributed by atoms with E-state index in [1.807, 2.05) is 0 Å². The summed E-state index contributed by atoms with van der Waals surface area (Å²) in [7, 11) is 0. The summed E-state index contributed by atoms with van der Waals surface area (Å²) in [5.41, 5.74) is 0. The minimum Gasteiger partial charge on any atom is -0.394 e. The Morgan fingerprint density at radius 1 is 0.550 bits per heavy atom. The quantitative estimate of drug-likeness (QED) is 0.0276. The molecule has 1 fully saturated rings. The van der Waals surface area contributed by atoms with Crippen molar-refractivity contribution in [3.8, 4) is 0 Å². The second-order valence-corrected chi connectivity index (χ2v) is 18.2. The number of aliphatic hydroxyl groups excluding tert-OH is 6. The van der Waals surface area contributed by atoms with Crippen LogP contribution in [0.5, 0.6) is 0 Å². The Morgan fingerprint density at radius 3 is 1.38 bits per heavy atom. The molecule has 1 heterocycles. The molecule has 60 heavy (non-hydrogen) atoms. The van der Waals surface area contributed by atoms with Crippen LogP contribution < -0.4 is 10.6 Å². The zero-order valence-electron chi connectivity index (χ0n) is 38.9. The highest BCUT2D eigenvalue weighted by Gasteiger charge is 2.44. The van der Waals surface area contributed by atoms with Gasteiger partial charge < -0.3 is 50.7 Å². The average Bonchev–Trinajstić information content (AvgIpc) is 3.25. The molecular weight excluding hydrogens is 761 g/mol. The second kappa shape index (κ2) is 40.9. The molecule has 11 heteroatoms. The summed E-state index contributed by atoms with van der Waals surface area (Å²) in [6.07, 6.45) is 30.6. The molecule has 0 saturated carbocycles. The largest absolute Gasteiger partial charge is 0.394 e. The molecule has 0 unspecified atom stereocenters. The number of ether oxygens (including phenoxy) is 2. The molecule has 0 aromatic heterocycles. The molecule has 1 aliphatic heterocycles. The van der Waals surface area contributed by atoms with Gasteiger partial charge in [0.2, 0.25) is 5.91 Å². The van der Waals surface area contributed by atoms with Crippen molar-refractivity contribution in [1.29, 1.82) is 0 Å². The molecule has 0 spiro atoms. The lowest BCUT2D eigenvalue weighted by Gasteiger charge is -2.40. The third-order valence-corrected chi connectivity index (χ3v) is 12.5. The van der Waals surface area contributed by atoms with E-state index in [1.54, 1.807) is 0 Å². The number of hydrogen-bond acceptors (Lipinski definition) is 10. The Bertz CT molecular complexity index is 931. The molecule has 1 amide bonds. The summed E-state index contributed by atoms with van der Waals surface area (Å²) >= 11 is 0. The predicted octanol–water partition coefficient (Wildman–Crippen LogP) is 8.90. The molecule has 1 aliphatic rings. The number of rotatable bonds is 44. The fraction of sp³-hybridized carbons (Fsp3) is 0.980. The first-order valence-electron chi connectivity index (χ1n) is 25.5. The van der Waals surface area contributed by atoms with Crippen LogP contribution in [0.4, 0.5) is 0 Å². The Hall–Kier alpha value is -0.890. The summed E-state index contributed by atoms with van der Waals surface area (Å²) in [6.45, 7) is 5.88. The number of nitrogens with one attached hydrogen (secondary N) is 2. The minimum absolute atomic E-state index is 0.258. The summed E-state index contributed by atoms with van der Waals surface area (Å²) in [5.74, 6) is -0.258. The summed E-state index contributed by atoms with van der Waals surface area (Å²) < 4.78 is 11.2. The van der Waals surface area contributed by atoms with E-state index in [-0.39, 0.29) is 18.9 Å². The van der Waals surface area contributed by atoms with E-state index in [0.717, 1.165) is 58.0 Å². The van der Waals surface area contributed by atoms with Gasteiger partial charge in [-0.05, 0) is 38.8 Å². The van der Waals surface area contributed by atoms with Gasteiger partial charge in [-0.15, -0.1) is 0 Å². The molecule has 8 N–H and O–H groups in total. The van der Waals surface area contributed by atoms with Crippen LogP contribution in [0.25, 0.3) is 0 Å². The molecule has 0 aromatic rings. The van der Waals surface area contributed by atoms with Crippen LogP contribution in [0.15, 0.2) is 0 Å². The van der Waals surface area contributed by atoms with Crippen LogP contribution in [0.2, 0.25) is 0 Å². The Labute approximate surface area is 368 Å².